The van der Waals surface area contributed by atoms with E-state index in [1.807, 2.05) is 24.4 Å². The van der Waals surface area contributed by atoms with Crippen LogP contribution in [0.15, 0.2) is 29.8 Å². The van der Waals surface area contributed by atoms with Gasteiger partial charge in [0.15, 0.2) is 5.75 Å². The van der Waals surface area contributed by atoms with Crippen LogP contribution in [0.25, 0.3) is 0 Å². The minimum atomic E-state index is -0.145. The van der Waals surface area contributed by atoms with Crippen molar-refractivity contribution in [3.05, 3.63) is 40.3 Å². The van der Waals surface area contributed by atoms with Crippen LogP contribution in [-0.2, 0) is 0 Å². The average Bonchev–Trinajstić information content (AvgIpc) is 3.01. The highest BCUT2D eigenvalue weighted by atomic mass is 32.1. The normalized spacial score (nSPS) is 14.7. The summed E-state index contributed by atoms with van der Waals surface area (Å²) in [6.07, 6.45) is 1.74. The number of ether oxygens (including phenoxy) is 1. The molecule has 6 heteroatoms. The first kappa shape index (κ1) is 12.9. The number of carbonyl (C=O) groups excluding carboxylic acids is 1. The summed E-state index contributed by atoms with van der Waals surface area (Å²) in [7, 11) is 0. The fourth-order valence-corrected chi connectivity index (χ4v) is 2.78. The Bertz CT molecular complexity index is 613. The summed E-state index contributed by atoms with van der Waals surface area (Å²) < 4.78 is 5.61. The standard InChI is InChI=1S/C14H15N3O2S/c1-9(14-16-6-8-20-14)17-13(18)10-3-2-4-11-12(10)19-7-5-15-11/h2-4,6,8-9,15H,5,7H2,1H3,(H,17,18). The van der Waals surface area contributed by atoms with E-state index in [1.165, 1.54) is 11.3 Å². The van der Waals surface area contributed by atoms with Crippen molar-refractivity contribution >= 4 is 22.9 Å². The molecule has 1 aromatic heterocycles. The maximum atomic E-state index is 12.4. The lowest BCUT2D eigenvalue weighted by Gasteiger charge is -2.22. The molecule has 0 radical (unpaired) electrons. The highest BCUT2D eigenvalue weighted by Gasteiger charge is 2.20. The van der Waals surface area contributed by atoms with E-state index in [2.05, 4.69) is 15.6 Å². The average molecular weight is 289 g/mol. The van der Waals surface area contributed by atoms with Crippen molar-refractivity contribution in [2.45, 2.75) is 13.0 Å². The van der Waals surface area contributed by atoms with E-state index < -0.39 is 0 Å². The summed E-state index contributed by atoms with van der Waals surface area (Å²) in [5.41, 5.74) is 1.42. The Labute approximate surface area is 121 Å². The van der Waals surface area contributed by atoms with Gasteiger partial charge in [0.25, 0.3) is 5.91 Å². The molecular weight excluding hydrogens is 274 g/mol. The van der Waals surface area contributed by atoms with Crippen LogP contribution < -0.4 is 15.4 Å². The molecule has 0 spiro atoms. The number of para-hydroxylation sites is 1. The predicted molar refractivity (Wildman–Crippen MR) is 78.4 cm³/mol. The van der Waals surface area contributed by atoms with Crippen molar-refractivity contribution in [3.8, 4) is 5.75 Å². The molecule has 104 valence electrons. The van der Waals surface area contributed by atoms with Crippen LogP contribution in [0.5, 0.6) is 5.75 Å². The number of fused-ring (bicyclic) bond motifs is 1. The first-order valence-corrected chi connectivity index (χ1v) is 7.33. The van der Waals surface area contributed by atoms with Gasteiger partial charge in [-0.1, -0.05) is 6.07 Å². The van der Waals surface area contributed by atoms with Gasteiger partial charge in [-0.25, -0.2) is 4.98 Å². The highest BCUT2D eigenvalue weighted by Crippen LogP contribution is 2.31. The molecule has 1 amide bonds. The van der Waals surface area contributed by atoms with Crippen molar-refractivity contribution in [2.24, 2.45) is 0 Å². The van der Waals surface area contributed by atoms with E-state index in [1.54, 1.807) is 12.3 Å². The summed E-state index contributed by atoms with van der Waals surface area (Å²) in [5.74, 6) is 0.482. The zero-order valence-electron chi connectivity index (χ0n) is 11.1. The number of thiazole rings is 1. The molecule has 1 aromatic carbocycles. The Kier molecular flexibility index (Phi) is 3.56. The zero-order valence-corrected chi connectivity index (χ0v) is 11.9. The van der Waals surface area contributed by atoms with Gasteiger partial charge in [-0.2, -0.15) is 0 Å². The second kappa shape index (κ2) is 5.50. The summed E-state index contributed by atoms with van der Waals surface area (Å²) in [5, 5.41) is 8.96. The minimum Gasteiger partial charge on any atom is -0.489 e. The van der Waals surface area contributed by atoms with E-state index in [-0.39, 0.29) is 11.9 Å². The van der Waals surface area contributed by atoms with E-state index in [4.69, 9.17) is 4.74 Å². The number of amides is 1. The number of benzene rings is 1. The molecule has 1 unspecified atom stereocenters. The third kappa shape index (κ3) is 2.46. The molecule has 0 aliphatic carbocycles. The van der Waals surface area contributed by atoms with Crippen molar-refractivity contribution in [1.29, 1.82) is 0 Å². The maximum Gasteiger partial charge on any atom is 0.255 e. The molecule has 20 heavy (non-hydrogen) atoms. The molecule has 2 heterocycles. The first-order chi connectivity index (χ1) is 9.75. The van der Waals surface area contributed by atoms with Crippen LogP contribution in [0.2, 0.25) is 0 Å². The summed E-state index contributed by atoms with van der Waals surface area (Å²) >= 11 is 1.53. The van der Waals surface area contributed by atoms with Gasteiger partial charge in [0.05, 0.1) is 17.3 Å². The lowest BCUT2D eigenvalue weighted by atomic mass is 10.1. The topological polar surface area (TPSA) is 63.2 Å². The zero-order chi connectivity index (χ0) is 13.9. The Morgan fingerprint density at radius 1 is 1.55 bits per heavy atom. The van der Waals surface area contributed by atoms with E-state index in [9.17, 15) is 4.79 Å². The van der Waals surface area contributed by atoms with Gasteiger partial charge in [-0.05, 0) is 19.1 Å². The van der Waals surface area contributed by atoms with Gasteiger partial charge in [-0.3, -0.25) is 4.79 Å². The largest absolute Gasteiger partial charge is 0.489 e. The Morgan fingerprint density at radius 2 is 2.45 bits per heavy atom. The molecule has 3 rings (SSSR count). The number of carbonyl (C=O) groups is 1. The Morgan fingerprint density at radius 3 is 3.25 bits per heavy atom. The molecule has 0 saturated carbocycles. The number of anilines is 1. The first-order valence-electron chi connectivity index (χ1n) is 6.45. The monoisotopic (exact) mass is 289 g/mol. The van der Waals surface area contributed by atoms with Gasteiger partial charge >= 0.3 is 0 Å². The molecular formula is C14H15N3O2S. The summed E-state index contributed by atoms with van der Waals surface area (Å²) in [6.45, 7) is 3.25. The van der Waals surface area contributed by atoms with Crippen molar-refractivity contribution in [2.75, 3.05) is 18.5 Å². The molecule has 0 saturated heterocycles. The smallest absolute Gasteiger partial charge is 0.255 e. The minimum absolute atomic E-state index is 0.116. The molecule has 2 aromatic rings. The number of hydrogen-bond donors (Lipinski definition) is 2. The second-order valence-electron chi connectivity index (χ2n) is 4.52. The molecule has 1 aliphatic heterocycles. The quantitative estimate of drug-likeness (QED) is 0.911. The number of rotatable bonds is 3. The third-order valence-electron chi connectivity index (χ3n) is 3.09. The van der Waals surface area contributed by atoms with Gasteiger partial charge in [0.2, 0.25) is 0 Å². The van der Waals surface area contributed by atoms with E-state index in [0.29, 0.717) is 17.9 Å². The van der Waals surface area contributed by atoms with Crippen LogP contribution in [0.1, 0.15) is 28.3 Å². The predicted octanol–water partition coefficient (Wildman–Crippen LogP) is 2.44. The number of hydrogen-bond acceptors (Lipinski definition) is 5. The van der Waals surface area contributed by atoms with Crippen molar-refractivity contribution in [1.82, 2.24) is 10.3 Å². The molecule has 2 N–H and O–H groups in total. The van der Waals surface area contributed by atoms with Crippen LogP contribution >= 0.6 is 11.3 Å². The Hall–Kier alpha value is -2.08. The number of nitrogens with zero attached hydrogens (tertiary/aromatic N) is 1. The lowest BCUT2D eigenvalue weighted by molar-refractivity contribution is 0.0935. The molecule has 1 aliphatic rings. The number of aromatic nitrogens is 1. The third-order valence-corrected chi connectivity index (χ3v) is 4.05. The van der Waals surface area contributed by atoms with Gasteiger partial charge in [-0.15, -0.1) is 11.3 Å². The highest BCUT2D eigenvalue weighted by molar-refractivity contribution is 7.09. The van der Waals surface area contributed by atoms with E-state index >= 15 is 0 Å². The second-order valence-corrected chi connectivity index (χ2v) is 5.45. The molecule has 1 atom stereocenters. The lowest BCUT2D eigenvalue weighted by Crippen LogP contribution is -2.28. The van der Waals surface area contributed by atoms with E-state index in [0.717, 1.165) is 17.2 Å². The summed E-state index contributed by atoms with van der Waals surface area (Å²) in [6, 6.07) is 5.42. The molecule has 0 fully saturated rings. The summed E-state index contributed by atoms with van der Waals surface area (Å²) in [4.78, 5) is 16.6. The van der Waals surface area contributed by atoms with Gasteiger partial charge in [0.1, 0.15) is 11.6 Å². The van der Waals surface area contributed by atoms with Gasteiger partial charge in [0, 0.05) is 18.1 Å². The number of nitrogens with one attached hydrogen (secondary N) is 2. The maximum absolute atomic E-state index is 12.4. The molecule has 0 bridgehead atoms. The SMILES string of the molecule is CC(NC(=O)c1cccc2c1OCCN2)c1nccs1. The van der Waals surface area contributed by atoms with Crippen LogP contribution in [0.4, 0.5) is 5.69 Å². The van der Waals surface area contributed by atoms with Crippen LogP contribution in [-0.4, -0.2) is 24.0 Å². The van der Waals surface area contributed by atoms with Crippen molar-refractivity contribution in [3.63, 3.8) is 0 Å². The Balaban J connectivity index is 1.81. The van der Waals surface area contributed by atoms with Crippen LogP contribution in [0.3, 0.4) is 0 Å². The van der Waals surface area contributed by atoms with Crippen LogP contribution in [0, 0.1) is 0 Å². The van der Waals surface area contributed by atoms with Crippen molar-refractivity contribution < 1.29 is 9.53 Å². The van der Waals surface area contributed by atoms with Gasteiger partial charge < -0.3 is 15.4 Å². The molecule has 5 nitrogen and oxygen atoms in total. The fraction of sp³-hybridized carbons (Fsp3) is 0.286. The fourth-order valence-electron chi connectivity index (χ4n) is 2.13.